The molecule has 4 aromatic rings. The number of benzene rings is 2. The van der Waals surface area contributed by atoms with Crippen LogP contribution in [0.4, 0.5) is 11.4 Å². The third-order valence-corrected chi connectivity index (χ3v) is 4.70. The standard InChI is InChI=1S/C23H24N6O/c1-16(30)24-13-14-25-18-7-9-19(10-8-18)27-15-21-20-11-12-26-23(20)29-22(28-21)17-5-3-2-4-6-17/h2-12,25,27H,13-15H2,1H3,(H,24,30)(H,26,28,29). The molecule has 0 radical (unpaired) electrons. The fraction of sp³-hybridized carbons (Fsp3) is 0.174. The zero-order valence-corrected chi connectivity index (χ0v) is 16.8. The summed E-state index contributed by atoms with van der Waals surface area (Å²) in [6.07, 6.45) is 1.89. The number of hydrogen-bond donors (Lipinski definition) is 4. The van der Waals surface area contributed by atoms with E-state index < -0.39 is 0 Å². The lowest BCUT2D eigenvalue weighted by Crippen LogP contribution is -2.26. The first kappa shape index (κ1) is 19.4. The normalized spacial score (nSPS) is 10.7. The maximum atomic E-state index is 10.9. The molecule has 1 amide bonds. The van der Waals surface area contributed by atoms with Crippen LogP contribution in [-0.2, 0) is 11.3 Å². The Kier molecular flexibility index (Phi) is 5.89. The summed E-state index contributed by atoms with van der Waals surface area (Å²) >= 11 is 0. The molecule has 0 atom stereocenters. The molecule has 7 nitrogen and oxygen atoms in total. The minimum absolute atomic E-state index is 0.0204. The van der Waals surface area contributed by atoms with Crippen molar-refractivity contribution in [2.45, 2.75) is 13.5 Å². The predicted octanol–water partition coefficient (Wildman–Crippen LogP) is 3.79. The maximum absolute atomic E-state index is 10.9. The smallest absolute Gasteiger partial charge is 0.216 e. The second-order valence-electron chi connectivity index (χ2n) is 6.94. The van der Waals surface area contributed by atoms with Gasteiger partial charge in [-0.3, -0.25) is 4.79 Å². The van der Waals surface area contributed by atoms with Gasteiger partial charge in [-0.05, 0) is 30.3 Å². The first-order chi connectivity index (χ1) is 14.7. The average molecular weight is 400 g/mol. The number of rotatable bonds is 8. The number of fused-ring (bicyclic) bond motifs is 1. The lowest BCUT2D eigenvalue weighted by Gasteiger charge is -2.11. The zero-order valence-electron chi connectivity index (χ0n) is 16.8. The molecule has 7 heteroatoms. The van der Waals surface area contributed by atoms with Crippen LogP contribution in [0, 0.1) is 0 Å². The molecule has 2 aromatic heterocycles. The Morgan fingerprint density at radius 3 is 2.37 bits per heavy atom. The van der Waals surface area contributed by atoms with Gasteiger partial charge in [-0.15, -0.1) is 0 Å². The van der Waals surface area contributed by atoms with Crippen molar-refractivity contribution in [3.05, 3.63) is 72.6 Å². The van der Waals surface area contributed by atoms with Gasteiger partial charge in [0.25, 0.3) is 0 Å². The minimum Gasteiger partial charge on any atom is -0.383 e. The molecule has 0 spiro atoms. The Balaban J connectivity index is 1.43. The number of aromatic nitrogens is 3. The van der Waals surface area contributed by atoms with Crippen molar-refractivity contribution in [3.63, 3.8) is 0 Å². The van der Waals surface area contributed by atoms with Crippen LogP contribution in [0.25, 0.3) is 22.4 Å². The number of nitrogens with zero attached hydrogens (tertiary/aromatic N) is 2. The number of hydrogen-bond acceptors (Lipinski definition) is 5. The Hall–Kier alpha value is -3.87. The molecule has 0 bridgehead atoms. The number of nitrogens with one attached hydrogen (secondary N) is 4. The third kappa shape index (κ3) is 4.75. The van der Waals surface area contributed by atoms with E-state index in [4.69, 9.17) is 4.98 Å². The Labute approximate surface area is 175 Å². The molecule has 0 aliphatic carbocycles. The van der Waals surface area contributed by atoms with Gasteiger partial charge in [0.1, 0.15) is 5.65 Å². The van der Waals surface area contributed by atoms with Gasteiger partial charge < -0.3 is 20.9 Å². The van der Waals surface area contributed by atoms with E-state index in [9.17, 15) is 4.79 Å². The molecule has 4 N–H and O–H groups in total. The summed E-state index contributed by atoms with van der Waals surface area (Å²) in [7, 11) is 0. The van der Waals surface area contributed by atoms with E-state index >= 15 is 0 Å². The van der Waals surface area contributed by atoms with Crippen LogP contribution >= 0.6 is 0 Å². The number of amides is 1. The number of carbonyl (C=O) groups is 1. The van der Waals surface area contributed by atoms with Crippen molar-refractivity contribution in [2.24, 2.45) is 0 Å². The van der Waals surface area contributed by atoms with Crippen molar-refractivity contribution < 1.29 is 4.79 Å². The number of H-pyrrole nitrogens is 1. The fourth-order valence-electron chi connectivity index (χ4n) is 3.19. The largest absolute Gasteiger partial charge is 0.383 e. The SMILES string of the molecule is CC(=O)NCCNc1ccc(NCc2nc(-c3ccccc3)nc3[nH]ccc23)cc1. The zero-order chi connectivity index (χ0) is 20.8. The highest BCUT2D eigenvalue weighted by Gasteiger charge is 2.10. The van der Waals surface area contributed by atoms with Crippen LogP contribution < -0.4 is 16.0 Å². The van der Waals surface area contributed by atoms with Gasteiger partial charge in [0.15, 0.2) is 5.82 Å². The molecule has 152 valence electrons. The predicted molar refractivity (Wildman–Crippen MR) is 120 cm³/mol. The summed E-state index contributed by atoms with van der Waals surface area (Å²) in [5.41, 5.74) is 4.78. The topological polar surface area (TPSA) is 94.7 Å². The first-order valence-electron chi connectivity index (χ1n) is 9.91. The highest BCUT2D eigenvalue weighted by Crippen LogP contribution is 2.22. The highest BCUT2D eigenvalue weighted by atomic mass is 16.1. The second-order valence-corrected chi connectivity index (χ2v) is 6.94. The van der Waals surface area contributed by atoms with Crippen LogP contribution in [0.3, 0.4) is 0 Å². The number of aromatic amines is 1. The summed E-state index contributed by atoms with van der Waals surface area (Å²) < 4.78 is 0. The number of carbonyl (C=O) groups excluding carboxylic acids is 1. The summed E-state index contributed by atoms with van der Waals surface area (Å²) in [5, 5.41) is 10.5. The molecular formula is C23H24N6O. The van der Waals surface area contributed by atoms with Gasteiger partial charge >= 0.3 is 0 Å². The lowest BCUT2D eigenvalue weighted by atomic mass is 10.2. The summed E-state index contributed by atoms with van der Waals surface area (Å²) in [6, 6.07) is 20.1. The summed E-state index contributed by atoms with van der Waals surface area (Å²) in [6.45, 7) is 3.38. The van der Waals surface area contributed by atoms with Crippen molar-refractivity contribution in [1.29, 1.82) is 0 Å². The quantitative estimate of drug-likeness (QED) is 0.338. The molecule has 2 aromatic carbocycles. The van der Waals surface area contributed by atoms with Gasteiger partial charge in [-0.1, -0.05) is 30.3 Å². The Morgan fingerprint density at radius 1 is 0.900 bits per heavy atom. The second kappa shape index (κ2) is 9.09. The molecule has 0 aliphatic heterocycles. The van der Waals surface area contributed by atoms with Gasteiger partial charge in [0.05, 0.1) is 12.2 Å². The van der Waals surface area contributed by atoms with E-state index in [0.717, 1.165) is 33.7 Å². The van der Waals surface area contributed by atoms with Gasteiger partial charge in [-0.25, -0.2) is 9.97 Å². The maximum Gasteiger partial charge on any atom is 0.216 e. The molecule has 0 saturated carbocycles. The average Bonchev–Trinajstić information content (AvgIpc) is 3.25. The van der Waals surface area contributed by atoms with Crippen LogP contribution in [0.2, 0.25) is 0 Å². The highest BCUT2D eigenvalue weighted by molar-refractivity contribution is 5.80. The number of anilines is 2. The Morgan fingerprint density at radius 2 is 1.63 bits per heavy atom. The van der Waals surface area contributed by atoms with E-state index in [1.54, 1.807) is 0 Å². The molecule has 0 aliphatic rings. The molecule has 30 heavy (non-hydrogen) atoms. The molecule has 4 rings (SSSR count). The van der Waals surface area contributed by atoms with Crippen molar-refractivity contribution >= 4 is 28.3 Å². The lowest BCUT2D eigenvalue weighted by molar-refractivity contribution is -0.118. The summed E-state index contributed by atoms with van der Waals surface area (Å²) in [4.78, 5) is 23.5. The minimum atomic E-state index is -0.0204. The molecule has 0 fully saturated rings. The van der Waals surface area contributed by atoms with Crippen molar-refractivity contribution in [2.75, 3.05) is 23.7 Å². The first-order valence-corrected chi connectivity index (χ1v) is 9.91. The van der Waals surface area contributed by atoms with Crippen LogP contribution in [0.5, 0.6) is 0 Å². The van der Waals surface area contributed by atoms with E-state index in [2.05, 4.69) is 25.9 Å². The van der Waals surface area contributed by atoms with Crippen LogP contribution in [0.15, 0.2) is 66.9 Å². The fourth-order valence-corrected chi connectivity index (χ4v) is 3.19. The van der Waals surface area contributed by atoms with Crippen LogP contribution in [0.1, 0.15) is 12.6 Å². The van der Waals surface area contributed by atoms with E-state index in [0.29, 0.717) is 25.5 Å². The van der Waals surface area contributed by atoms with Gasteiger partial charge in [0.2, 0.25) is 5.91 Å². The van der Waals surface area contributed by atoms with E-state index in [-0.39, 0.29) is 5.91 Å². The summed E-state index contributed by atoms with van der Waals surface area (Å²) in [5.74, 6) is 0.689. The molecule has 2 heterocycles. The van der Waals surface area contributed by atoms with Crippen molar-refractivity contribution in [1.82, 2.24) is 20.3 Å². The Bertz CT molecular complexity index is 1120. The van der Waals surface area contributed by atoms with Gasteiger partial charge in [-0.2, -0.15) is 0 Å². The molecule has 0 saturated heterocycles. The van der Waals surface area contributed by atoms with E-state index in [1.165, 1.54) is 6.92 Å². The monoisotopic (exact) mass is 400 g/mol. The van der Waals surface area contributed by atoms with Crippen LogP contribution in [-0.4, -0.2) is 33.9 Å². The third-order valence-electron chi connectivity index (χ3n) is 4.70. The van der Waals surface area contributed by atoms with E-state index in [1.807, 2.05) is 66.9 Å². The molecular weight excluding hydrogens is 376 g/mol. The van der Waals surface area contributed by atoms with Gasteiger partial charge in [0, 0.05) is 48.5 Å². The van der Waals surface area contributed by atoms with Crippen molar-refractivity contribution in [3.8, 4) is 11.4 Å². The molecule has 0 unspecified atom stereocenters.